The highest BCUT2D eigenvalue weighted by Crippen LogP contribution is 2.36. The van der Waals surface area contributed by atoms with Crippen molar-refractivity contribution in [2.24, 2.45) is 0 Å². The highest BCUT2D eigenvalue weighted by Gasteiger charge is 2.31. The molecular formula is C21H19NO4. The summed E-state index contributed by atoms with van der Waals surface area (Å²) in [5.41, 5.74) is 1.75. The van der Waals surface area contributed by atoms with Gasteiger partial charge in [0, 0.05) is 11.8 Å². The Bertz CT molecular complexity index is 854. The molecular weight excluding hydrogens is 330 g/mol. The van der Waals surface area contributed by atoms with Gasteiger partial charge in [0.05, 0.1) is 6.20 Å². The predicted octanol–water partition coefficient (Wildman–Crippen LogP) is 3.53. The first kappa shape index (κ1) is 16.4. The average molecular weight is 349 g/mol. The second-order valence-electron chi connectivity index (χ2n) is 6.07. The Morgan fingerprint density at radius 1 is 1.04 bits per heavy atom. The van der Waals surface area contributed by atoms with Crippen molar-refractivity contribution in [2.75, 3.05) is 6.61 Å². The van der Waals surface area contributed by atoms with Crippen LogP contribution >= 0.6 is 0 Å². The molecule has 0 fully saturated rings. The number of aromatic nitrogens is 1. The summed E-state index contributed by atoms with van der Waals surface area (Å²) in [6.45, 7) is 0.736. The van der Waals surface area contributed by atoms with Gasteiger partial charge in [0.1, 0.15) is 36.6 Å². The average Bonchev–Trinajstić information content (AvgIpc) is 2.70. The Balaban J connectivity index is 1.48. The van der Waals surface area contributed by atoms with Crippen LogP contribution in [-0.2, 0) is 6.61 Å². The van der Waals surface area contributed by atoms with Crippen LogP contribution in [0, 0.1) is 0 Å². The van der Waals surface area contributed by atoms with Gasteiger partial charge in [-0.1, -0.05) is 30.3 Å². The topological polar surface area (TPSA) is 60.8 Å². The normalized spacial score (nSPS) is 18.5. The standard InChI is InChI=1S/C21H19NO4/c23-21-18-11-16(24-13-15-5-2-1-3-6-15)8-9-19(18)25-14-20(21)26-17-7-4-10-22-12-17/h1-12,20-21,23H,13-14H2. The molecule has 2 aromatic carbocycles. The van der Waals surface area contributed by atoms with Crippen molar-refractivity contribution in [3.8, 4) is 17.2 Å². The van der Waals surface area contributed by atoms with E-state index in [4.69, 9.17) is 14.2 Å². The fourth-order valence-corrected chi connectivity index (χ4v) is 2.87. The van der Waals surface area contributed by atoms with Crippen LogP contribution in [0.5, 0.6) is 17.2 Å². The number of aliphatic hydroxyl groups is 1. The first-order chi connectivity index (χ1) is 12.8. The van der Waals surface area contributed by atoms with E-state index >= 15 is 0 Å². The van der Waals surface area contributed by atoms with Crippen molar-refractivity contribution >= 4 is 0 Å². The van der Waals surface area contributed by atoms with Crippen LogP contribution in [0.2, 0.25) is 0 Å². The van der Waals surface area contributed by atoms with Crippen LogP contribution in [-0.4, -0.2) is 22.8 Å². The lowest BCUT2D eigenvalue weighted by atomic mass is 10.0. The molecule has 2 atom stereocenters. The van der Waals surface area contributed by atoms with Crippen molar-refractivity contribution in [1.82, 2.24) is 4.98 Å². The van der Waals surface area contributed by atoms with E-state index in [-0.39, 0.29) is 6.61 Å². The van der Waals surface area contributed by atoms with Gasteiger partial charge in [-0.2, -0.15) is 0 Å². The zero-order valence-electron chi connectivity index (χ0n) is 14.1. The maximum Gasteiger partial charge on any atom is 0.163 e. The van der Waals surface area contributed by atoms with Gasteiger partial charge >= 0.3 is 0 Å². The largest absolute Gasteiger partial charge is 0.489 e. The minimum atomic E-state index is -0.806. The SMILES string of the molecule is OC1c2cc(OCc3ccccc3)ccc2OCC1Oc1cccnc1. The number of fused-ring (bicyclic) bond motifs is 1. The van der Waals surface area contributed by atoms with Crippen molar-refractivity contribution in [3.05, 3.63) is 84.2 Å². The molecule has 3 aromatic rings. The molecule has 0 saturated carbocycles. The maximum absolute atomic E-state index is 10.7. The molecule has 0 aliphatic carbocycles. The number of hydrogen-bond acceptors (Lipinski definition) is 5. The van der Waals surface area contributed by atoms with Gasteiger partial charge < -0.3 is 19.3 Å². The first-order valence-electron chi connectivity index (χ1n) is 8.48. The number of aliphatic hydroxyl groups excluding tert-OH is 1. The Labute approximate surface area is 151 Å². The van der Waals surface area contributed by atoms with Crippen LogP contribution in [0.3, 0.4) is 0 Å². The quantitative estimate of drug-likeness (QED) is 0.763. The third-order valence-electron chi connectivity index (χ3n) is 4.23. The summed E-state index contributed by atoms with van der Waals surface area (Å²) in [6.07, 6.45) is 1.98. The molecule has 1 aromatic heterocycles. The van der Waals surface area contributed by atoms with Crippen LogP contribution in [0.1, 0.15) is 17.2 Å². The number of hydrogen-bond donors (Lipinski definition) is 1. The van der Waals surface area contributed by atoms with Gasteiger partial charge in [-0.15, -0.1) is 0 Å². The van der Waals surface area contributed by atoms with E-state index in [1.165, 1.54) is 0 Å². The van der Waals surface area contributed by atoms with E-state index in [0.29, 0.717) is 29.4 Å². The van der Waals surface area contributed by atoms with Crippen LogP contribution in [0.25, 0.3) is 0 Å². The van der Waals surface area contributed by atoms with E-state index < -0.39 is 12.2 Å². The lowest BCUT2D eigenvalue weighted by Crippen LogP contribution is -2.35. The van der Waals surface area contributed by atoms with E-state index in [9.17, 15) is 5.11 Å². The highest BCUT2D eigenvalue weighted by molar-refractivity contribution is 5.43. The zero-order chi connectivity index (χ0) is 17.8. The first-order valence-corrected chi connectivity index (χ1v) is 8.48. The molecule has 1 aliphatic heterocycles. The lowest BCUT2D eigenvalue weighted by molar-refractivity contribution is -0.0106. The smallest absolute Gasteiger partial charge is 0.163 e. The summed E-state index contributed by atoms with van der Waals surface area (Å²) in [7, 11) is 0. The second kappa shape index (κ2) is 7.45. The second-order valence-corrected chi connectivity index (χ2v) is 6.07. The third-order valence-corrected chi connectivity index (χ3v) is 4.23. The monoisotopic (exact) mass is 349 g/mol. The molecule has 4 rings (SSSR count). The molecule has 0 radical (unpaired) electrons. The molecule has 5 nitrogen and oxygen atoms in total. The summed E-state index contributed by atoms with van der Waals surface area (Å²) in [5, 5.41) is 10.7. The molecule has 132 valence electrons. The fourth-order valence-electron chi connectivity index (χ4n) is 2.87. The van der Waals surface area contributed by atoms with Gasteiger partial charge in [0.25, 0.3) is 0 Å². The summed E-state index contributed by atoms with van der Waals surface area (Å²) < 4.78 is 17.4. The molecule has 2 heterocycles. The van der Waals surface area contributed by atoms with Crippen molar-refractivity contribution < 1.29 is 19.3 Å². The molecule has 1 aliphatic rings. The molecule has 0 amide bonds. The van der Waals surface area contributed by atoms with E-state index in [0.717, 1.165) is 5.56 Å². The maximum atomic E-state index is 10.7. The predicted molar refractivity (Wildman–Crippen MR) is 96.3 cm³/mol. The number of benzene rings is 2. The molecule has 26 heavy (non-hydrogen) atoms. The third kappa shape index (κ3) is 3.63. The Morgan fingerprint density at radius 3 is 2.73 bits per heavy atom. The van der Waals surface area contributed by atoms with Crippen LogP contribution in [0.15, 0.2) is 73.1 Å². The van der Waals surface area contributed by atoms with Crippen molar-refractivity contribution in [2.45, 2.75) is 18.8 Å². The number of pyridine rings is 1. The van der Waals surface area contributed by atoms with Crippen molar-refractivity contribution in [3.63, 3.8) is 0 Å². The summed E-state index contributed by atoms with van der Waals surface area (Å²) in [4.78, 5) is 4.02. The zero-order valence-corrected chi connectivity index (χ0v) is 14.1. The molecule has 0 saturated heterocycles. The minimum Gasteiger partial charge on any atom is -0.489 e. The number of rotatable bonds is 5. The lowest BCUT2D eigenvalue weighted by Gasteiger charge is -2.30. The van der Waals surface area contributed by atoms with Gasteiger partial charge in [-0.3, -0.25) is 4.98 Å². The summed E-state index contributed by atoms with van der Waals surface area (Å²) >= 11 is 0. The molecule has 0 bridgehead atoms. The van der Waals surface area contributed by atoms with Gasteiger partial charge in [-0.05, 0) is 35.9 Å². The Hall–Kier alpha value is -3.05. The van der Waals surface area contributed by atoms with Crippen LogP contribution < -0.4 is 14.2 Å². The molecule has 1 N–H and O–H groups in total. The highest BCUT2D eigenvalue weighted by atomic mass is 16.5. The van der Waals surface area contributed by atoms with E-state index in [1.807, 2.05) is 48.5 Å². The van der Waals surface area contributed by atoms with Crippen molar-refractivity contribution in [1.29, 1.82) is 0 Å². The Morgan fingerprint density at radius 2 is 1.92 bits per heavy atom. The molecule has 0 spiro atoms. The molecule has 5 heteroatoms. The molecule has 2 unspecified atom stereocenters. The van der Waals surface area contributed by atoms with Gasteiger partial charge in [-0.25, -0.2) is 0 Å². The van der Waals surface area contributed by atoms with E-state index in [2.05, 4.69) is 4.98 Å². The number of ether oxygens (including phenoxy) is 3. The van der Waals surface area contributed by atoms with Gasteiger partial charge in [0.2, 0.25) is 0 Å². The van der Waals surface area contributed by atoms with E-state index in [1.54, 1.807) is 24.5 Å². The van der Waals surface area contributed by atoms with Crippen LogP contribution in [0.4, 0.5) is 0 Å². The Kier molecular flexibility index (Phi) is 4.71. The fraction of sp³-hybridized carbons (Fsp3) is 0.190. The minimum absolute atomic E-state index is 0.271. The summed E-state index contributed by atoms with van der Waals surface area (Å²) in [5.74, 6) is 1.92. The van der Waals surface area contributed by atoms with Gasteiger partial charge in [0.15, 0.2) is 6.10 Å². The summed E-state index contributed by atoms with van der Waals surface area (Å²) in [6, 6.07) is 19.0. The number of nitrogens with zero attached hydrogens (tertiary/aromatic N) is 1.